The summed E-state index contributed by atoms with van der Waals surface area (Å²) in [5.41, 5.74) is 0. The Kier molecular flexibility index (Phi) is 6.82. The predicted octanol–water partition coefficient (Wildman–Crippen LogP) is 4.29. The molecule has 0 radical (unpaired) electrons. The quantitative estimate of drug-likeness (QED) is 0.249. The van der Waals surface area contributed by atoms with Crippen molar-refractivity contribution in [3.63, 3.8) is 0 Å². The Morgan fingerprint density at radius 2 is 1.15 bits per heavy atom. The molecule has 2 aromatic heterocycles. The Hall–Kier alpha value is -4.27. The third-order valence-corrected chi connectivity index (χ3v) is 4.89. The Morgan fingerprint density at radius 1 is 0.706 bits per heavy atom. The number of fused-ring (bicyclic) bond motifs is 2. The monoisotopic (exact) mass is 466 g/mol. The molecular formula is C25H22O9. The minimum atomic E-state index is -0.552. The number of esters is 2. The molecule has 0 N–H and O–H groups in total. The molecule has 0 spiro atoms. The third kappa shape index (κ3) is 4.59. The van der Waals surface area contributed by atoms with Gasteiger partial charge in [0.05, 0.1) is 36.5 Å². The molecule has 0 bridgehead atoms. The van der Waals surface area contributed by atoms with Crippen molar-refractivity contribution in [3.05, 3.63) is 60.4 Å². The number of ketones is 1. The van der Waals surface area contributed by atoms with Crippen molar-refractivity contribution in [2.75, 3.05) is 26.4 Å². The van der Waals surface area contributed by atoms with Gasteiger partial charge in [0.15, 0.2) is 24.7 Å². The maximum atomic E-state index is 13.5. The molecule has 4 aromatic rings. The lowest BCUT2D eigenvalue weighted by molar-refractivity contribution is -0.146. The lowest BCUT2D eigenvalue weighted by atomic mass is 10.1. The molecule has 0 aliphatic heterocycles. The number of hydrogen-bond acceptors (Lipinski definition) is 9. The largest absolute Gasteiger partial charge is 0.481 e. The van der Waals surface area contributed by atoms with E-state index in [2.05, 4.69) is 0 Å². The molecule has 2 heterocycles. The van der Waals surface area contributed by atoms with Gasteiger partial charge in [-0.3, -0.25) is 4.79 Å². The molecular weight excluding hydrogens is 444 g/mol. The fourth-order valence-electron chi connectivity index (χ4n) is 3.50. The van der Waals surface area contributed by atoms with Crippen LogP contribution in [-0.2, 0) is 19.1 Å². The summed E-state index contributed by atoms with van der Waals surface area (Å²) in [6.45, 7) is 3.22. The first-order chi connectivity index (χ1) is 16.5. The van der Waals surface area contributed by atoms with Gasteiger partial charge in [0.1, 0.15) is 11.5 Å². The highest BCUT2D eigenvalue weighted by Gasteiger charge is 2.26. The van der Waals surface area contributed by atoms with Crippen LogP contribution >= 0.6 is 0 Å². The van der Waals surface area contributed by atoms with Gasteiger partial charge in [0, 0.05) is 10.8 Å². The highest BCUT2D eigenvalue weighted by Crippen LogP contribution is 2.36. The minimum absolute atomic E-state index is 0.0223. The average Bonchev–Trinajstić information content (AvgIpc) is 3.46. The van der Waals surface area contributed by atoms with Crippen molar-refractivity contribution in [2.45, 2.75) is 13.8 Å². The summed E-state index contributed by atoms with van der Waals surface area (Å²) in [6.07, 6.45) is 2.84. The topological polar surface area (TPSA) is 114 Å². The van der Waals surface area contributed by atoms with E-state index in [9.17, 15) is 14.4 Å². The van der Waals surface area contributed by atoms with Gasteiger partial charge in [-0.05, 0) is 26.0 Å². The number of ether oxygens (including phenoxy) is 4. The summed E-state index contributed by atoms with van der Waals surface area (Å²) < 4.78 is 32.2. The smallest absolute Gasteiger partial charge is 0.344 e. The van der Waals surface area contributed by atoms with Crippen LogP contribution in [0.25, 0.3) is 21.5 Å². The molecule has 176 valence electrons. The molecule has 0 aliphatic rings. The molecule has 4 rings (SSSR count). The van der Waals surface area contributed by atoms with Crippen LogP contribution in [0.15, 0.2) is 57.8 Å². The Bertz CT molecular complexity index is 1240. The van der Waals surface area contributed by atoms with Crippen LogP contribution < -0.4 is 9.47 Å². The Labute approximate surface area is 194 Å². The first-order valence-electron chi connectivity index (χ1n) is 10.6. The Morgan fingerprint density at radius 3 is 1.56 bits per heavy atom. The summed E-state index contributed by atoms with van der Waals surface area (Å²) >= 11 is 0. The van der Waals surface area contributed by atoms with Crippen LogP contribution in [0.1, 0.15) is 30.2 Å². The molecule has 9 heteroatoms. The summed E-state index contributed by atoms with van der Waals surface area (Å²) in [6, 6.07) is 10.2. The van der Waals surface area contributed by atoms with Gasteiger partial charge in [-0.1, -0.05) is 24.3 Å². The second-order valence-corrected chi connectivity index (χ2v) is 7.09. The second kappa shape index (κ2) is 10.1. The number of furan rings is 2. The van der Waals surface area contributed by atoms with Gasteiger partial charge < -0.3 is 27.8 Å². The van der Waals surface area contributed by atoms with E-state index in [1.807, 2.05) is 0 Å². The van der Waals surface area contributed by atoms with Gasteiger partial charge in [0.2, 0.25) is 0 Å². The first kappa shape index (κ1) is 22.9. The van der Waals surface area contributed by atoms with Crippen LogP contribution in [0.5, 0.6) is 11.5 Å². The first-order valence-corrected chi connectivity index (χ1v) is 10.6. The predicted molar refractivity (Wildman–Crippen MR) is 120 cm³/mol. The van der Waals surface area contributed by atoms with Crippen molar-refractivity contribution in [1.82, 2.24) is 0 Å². The third-order valence-electron chi connectivity index (χ3n) is 4.89. The second-order valence-electron chi connectivity index (χ2n) is 7.09. The standard InChI is InChI=1S/C25H22O9/c1-3-29-19(26)13-31-17-9-5-7-15-11-33-24(21(15)17)23(28)25-22-16(12-34-25)8-6-10-18(22)32-14-20(27)30-4-2/h5-12H,3-4,13-14H2,1-2H3. The molecule has 0 fully saturated rings. The number of carbonyl (C=O) groups is 3. The maximum absolute atomic E-state index is 13.5. The van der Waals surface area contributed by atoms with Crippen LogP contribution in [0.3, 0.4) is 0 Å². The molecule has 0 saturated heterocycles. The van der Waals surface area contributed by atoms with Gasteiger partial charge in [0.25, 0.3) is 5.78 Å². The number of carbonyl (C=O) groups excluding carboxylic acids is 3. The van der Waals surface area contributed by atoms with Crippen molar-refractivity contribution in [2.24, 2.45) is 0 Å². The van der Waals surface area contributed by atoms with Crippen molar-refractivity contribution < 1.29 is 42.2 Å². The van der Waals surface area contributed by atoms with Crippen LogP contribution in [0.4, 0.5) is 0 Å². The van der Waals surface area contributed by atoms with E-state index >= 15 is 0 Å². The Balaban J connectivity index is 1.69. The van der Waals surface area contributed by atoms with Crippen LogP contribution in [0.2, 0.25) is 0 Å². The lowest BCUT2D eigenvalue weighted by Gasteiger charge is -2.08. The van der Waals surface area contributed by atoms with E-state index in [1.165, 1.54) is 12.5 Å². The highest BCUT2D eigenvalue weighted by molar-refractivity contribution is 6.20. The van der Waals surface area contributed by atoms with Crippen molar-refractivity contribution >= 4 is 39.3 Å². The van der Waals surface area contributed by atoms with Gasteiger partial charge in [-0.25, -0.2) is 9.59 Å². The van der Waals surface area contributed by atoms with E-state index in [1.54, 1.807) is 50.2 Å². The zero-order valence-corrected chi connectivity index (χ0v) is 18.6. The molecule has 0 atom stereocenters. The molecule has 0 saturated carbocycles. The molecule has 0 unspecified atom stereocenters. The number of rotatable bonds is 10. The van der Waals surface area contributed by atoms with E-state index in [0.717, 1.165) is 0 Å². The van der Waals surface area contributed by atoms with E-state index in [0.29, 0.717) is 21.5 Å². The molecule has 34 heavy (non-hydrogen) atoms. The summed E-state index contributed by atoms with van der Waals surface area (Å²) in [5, 5.41) is 2.01. The maximum Gasteiger partial charge on any atom is 0.344 e. The molecule has 0 aliphatic carbocycles. The minimum Gasteiger partial charge on any atom is -0.481 e. The zero-order valence-electron chi connectivity index (χ0n) is 18.6. The summed E-state index contributed by atoms with van der Waals surface area (Å²) in [5.74, 6) is -1.08. The average molecular weight is 466 g/mol. The fraction of sp³-hybridized carbons (Fsp3) is 0.240. The van der Waals surface area contributed by atoms with Crippen molar-refractivity contribution in [3.8, 4) is 11.5 Å². The SMILES string of the molecule is CCOC(=O)COc1cccc2coc(C(=O)c3occ4cccc(OCC(=O)OCC)c34)c12. The van der Waals surface area contributed by atoms with Crippen LogP contribution in [-0.4, -0.2) is 44.1 Å². The molecule has 0 amide bonds. The summed E-state index contributed by atoms with van der Waals surface area (Å²) in [7, 11) is 0. The van der Waals surface area contributed by atoms with E-state index < -0.39 is 17.7 Å². The van der Waals surface area contributed by atoms with Gasteiger partial charge in [-0.15, -0.1) is 0 Å². The van der Waals surface area contributed by atoms with E-state index in [4.69, 9.17) is 27.8 Å². The lowest BCUT2D eigenvalue weighted by Crippen LogP contribution is -2.15. The number of hydrogen-bond donors (Lipinski definition) is 0. The molecule has 2 aromatic carbocycles. The number of benzene rings is 2. The van der Waals surface area contributed by atoms with Crippen LogP contribution in [0, 0.1) is 0 Å². The van der Waals surface area contributed by atoms with E-state index in [-0.39, 0.29) is 49.4 Å². The highest BCUT2D eigenvalue weighted by atomic mass is 16.6. The molecule has 9 nitrogen and oxygen atoms in total. The fourth-order valence-corrected chi connectivity index (χ4v) is 3.50. The van der Waals surface area contributed by atoms with Gasteiger partial charge >= 0.3 is 11.9 Å². The zero-order chi connectivity index (χ0) is 24.1. The normalized spacial score (nSPS) is 10.9. The van der Waals surface area contributed by atoms with Crippen molar-refractivity contribution in [1.29, 1.82) is 0 Å². The summed E-state index contributed by atoms with van der Waals surface area (Å²) in [4.78, 5) is 37.0. The van der Waals surface area contributed by atoms with Gasteiger partial charge in [-0.2, -0.15) is 0 Å².